The van der Waals surface area contributed by atoms with Gasteiger partial charge in [0.2, 0.25) is 0 Å². The second-order valence-electron chi connectivity index (χ2n) is 5.25. The molecule has 0 heterocycles. The highest BCUT2D eigenvalue weighted by Gasteiger charge is 2.16. The van der Waals surface area contributed by atoms with Gasteiger partial charge in [0.15, 0.2) is 0 Å². The first kappa shape index (κ1) is 16.0. The first-order valence-electron chi connectivity index (χ1n) is 6.58. The summed E-state index contributed by atoms with van der Waals surface area (Å²) < 4.78 is 13.4. The van der Waals surface area contributed by atoms with Gasteiger partial charge in [0.25, 0.3) is 0 Å². The predicted molar refractivity (Wildman–Crippen MR) is 74.8 cm³/mol. The zero-order chi connectivity index (χ0) is 15.1. The van der Waals surface area contributed by atoms with Crippen molar-refractivity contribution in [1.82, 2.24) is 0 Å². The van der Waals surface area contributed by atoms with E-state index in [0.29, 0.717) is 18.2 Å². The van der Waals surface area contributed by atoms with E-state index in [9.17, 15) is 9.18 Å². The summed E-state index contributed by atoms with van der Waals surface area (Å²) in [4.78, 5) is 10.8. The lowest BCUT2D eigenvalue weighted by Crippen LogP contribution is -2.20. The Morgan fingerprint density at radius 1 is 1.50 bits per heavy atom. The van der Waals surface area contributed by atoms with Gasteiger partial charge in [-0.25, -0.2) is 4.39 Å². The van der Waals surface area contributed by atoms with Gasteiger partial charge in [-0.15, -0.1) is 0 Å². The van der Waals surface area contributed by atoms with Crippen LogP contribution in [0.1, 0.15) is 32.3 Å². The third-order valence-corrected chi connectivity index (χ3v) is 2.97. The number of hydrogen-bond acceptors (Lipinski definition) is 3. The predicted octanol–water partition coefficient (Wildman–Crippen LogP) is 3.25. The van der Waals surface area contributed by atoms with E-state index in [1.165, 1.54) is 12.1 Å². The summed E-state index contributed by atoms with van der Waals surface area (Å²) in [7, 11) is 0. The van der Waals surface area contributed by atoms with E-state index in [2.05, 4.69) is 5.32 Å². The number of carboxylic acids is 1. The van der Waals surface area contributed by atoms with Crippen molar-refractivity contribution in [3.05, 3.63) is 29.6 Å². The van der Waals surface area contributed by atoms with E-state index in [0.717, 1.165) is 6.42 Å². The van der Waals surface area contributed by atoms with Gasteiger partial charge in [-0.3, -0.25) is 4.79 Å². The molecule has 4 nitrogen and oxygen atoms in total. The number of anilines is 1. The number of hydrogen-bond donors (Lipinski definition) is 2. The van der Waals surface area contributed by atoms with Crippen molar-refractivity contribution in [1.29, 1.82) is 5.26 Å². The summed E-state index contributed by atoms with van der Waals surface area (Å²) in [6, 6.07) is 6.18. The van der Waals surface area contributed by atoms with Gasteiger partial charge in [-0.05, 0) is 30.4 Å². The summed E-state index contributed by atoms with van der Waals surface area (Å²) in [6.07, 6.45) is 0.818. The van der Waals surface area contributed by atoms with Crippen LogP contribution in [0.3, 0.4) is 0 Å². The normalized spacial score (nSPS) is 11.9. The molecule has 1 aromatic rings. The van der Waals surface area contributed by atoms with Gasteiger partial charge in [-0.1, -0.05) is 19.9 Å². The molecule has 0 aromatic heterocycles. The van der Waals surface area contributed by atoms with Crippen molar-refractivity contribution in [3.63, 3.8) is 0 Å². The molecular formula is C15H19FN2O2. The standard InChI is InChI=1S/C15H19FN2O2/c1-10(2)6-11(7-15(19)20)9-18-14-5-3-4-13(16)12(14)8-17/h3-5,10-11,18H,6-7,9H2,1-2H3,(H,19,20). The fourth-order valence-electron chi connectivity index (χ4n) is 2.19. The van der Waals surface area contributed by atoms with Crippen molar-refractivity contribution in [2.75, 3.05) is 11.9 Å². The Hall–Kier alpha value is -2.09. The van der Waals surface area contributed by atoms with Crippen LogP contribution in [0.15, 0.2) is 18.2 Å². The van der Waals surface area contributed by atoms with Crippen LogP contribution in [-0.2, 0) is 4.79 Å². The fraction of sp³-hybridized carbons (Fsp3) is 0.467. The third kappa shape index (κ3) is 4.88. The lowest BCUT2D eigenvalue weighted by Gasteiger charge is -2.19. The minimum atomic E-state index is -0.850. The number of rotatable bonds is 7. The van der Waals surface area contributed by atoms with Crippen molar-refractivity contribution in [2.45, 2.75) is 26.7 Å². The number of aliphatic carboxylic acids is 1. The van der Waals surface area contributed by atoms with Crippen LogP contribution in [0.5, 0.6) is 0 Å². The fourth-order valence-corrected chi connectivity index (χ4v) is 2.19. The SMILES string of the molecule is CC(C)CC(CNc1cccc(F)c1C#N)CC(=O)O. The molecule has 0 radical (unpaired) electrons. The molecular weight excluding hydrogens is 259 g/mol. The molecule has 0 saturated heterocycles. The van der Waals surface area contributed by atoms with E-state index in [1.54, 1.807) is 6.07 Å². The average molecular weight is 278 g/mol. The third-order valence-electron chi connectivity index (χ3n) is 2.97. The number of nitriles is 1. The highest BCUT2D eigenvalue weighted by molar-refractivity contribution is 5.67. The molecule has 0 saturated carbocycles. The molecule has 0 bridgehead atoms. The van der Waals surface area contributed by atoms with Gasteiger partial charge >= 0.3 is 5.97 Å². The van der Waals surface area contributed by atoms with Crippen molar-refractivity contribution in [2.24, 2.45) is 11.8 Å². The molecule has 5 heteroatoms. The molecule has 2 N–H and O–H groups in total. The zero-order valence-corrected chi connectivity index (χ0v) is 11.7. The smallest absolute Gasteiger partial charge is 0.303 e. The molecule has 1 atom stereocenters. The maximum absolute atomic E-state index is 13.4. The summed E-state index contributed by atoms with van der Waals surface area (Å²) in [5.41, 5.74) is 0.373. The average Bonchev–Trinajstić information content (AvgIpc) is 2.34. The van der Waals surface area contributed by atoms with Gasteiger partial charge in [0.1, 0.15) is 17.4 Å². The van der Waals surface area contributed by atoms with E-state index in [-0.39, 0.29) is 17.9 Å². The first-order chi connectivity index (χ1) is 9.43. The monoisotopic (exact) mass is 278 g/mol. The summed E-state index contributed by atoms with van der Waals surface area (Å²) in [6.45, 7) is 4.46. The van der Waals surface area contributed by atoms with E-state index in [4.69, 9.17) is 10.4 Å². The molecule has 20 heavy (non-hydrogen) atoms. The number of halogens is 1. The Morgan fingerprint density at radius 2 is 2.20 bits per heavy atom. The Kier molecular flexibility index (Phi) is 5.98. The highest BCUT2D eigenvalue weighted by atomic mass is 19.1. The molecule has 108 valence electrons. The van der Waals surface area contributed by atoms with Crippen LogP contribution in [0.25, 0.3) is 0 Å². The largest absolute Gasteiger partial charge is 0.481 e. The number of benzene rings is 1. The zero-order valence-electron chi connectivity index (χ0n) is 11.7. The maximum atomic E-state index is 13.4. The van der Waals surface area contributed by atoms with Crippen molar-refractivity contribution >= 4 is 11.7 Å². The topological polar surface area (TPSA) is 73.1 Å². The Labute approximate surface area is 118 Å². The lowest BCUT2D eigenvalue weighted by molar-refractivity contribution is -0.138. The summed E-state index contributed by atoms with van der Waals surface area (Å²) >= 11 is 0. The van der Waals surface area contributed by atoms with Crippen LogP contribution in [0.2, 0.25) is 0 Å². The van der Waals surface area contributed by atoms with E-state index >= 15 is 0 Å². The maximum Gasteiger partial charge on any atom is 0.303 e. The van der Waals surface area contributed by atoms with Gasteiger partial charge in [-0.2, -0.15) is 5.26 Å². The molecule has 0 fully saturated rings. The Bertz CT molecular complexity index is 509. The van der Waals surface area contributed by atoms with E-state index < -0.39 is 11.8 Å². The van der Waals surface area contributed by atoms with Crippen molar-refractivity contribution < 1.29 is 14.3 Å². The van der Waals surface area contributed by atoms with Crippen LogP contribution < -0.4 is 5.32 Å². The Balaban J connectivity index is 2.74. The quantitative estimate of drug-likeness (QED) is 0.803. The second-order valence-corrected chi connectivity index (χ2v) is 5.25. The molecule has 0 amide bonds. The second kappa shape index (κ2) is 7.49. The molecule has 1 unspecified atom stereocenters. The highest BCUT2D eigenvalue weighted by Crippen LogP contribution is 2.21. The van der Waals surface area contributed by atoms with Gasteiger partial charge in [0, 0.05) is 13.0 Å². The number of nitrogens with zero attached hydrogens (tertiary/aromatic N) is 1. The van der Waals surface area contributed by atoms with Crippen LogP contribution in [0.4, 0.5) is 10.1 Å². The minimum absolute atomic E-state index is 0.0360. The van der Waals surface area contributed by atoms with Crippen LogP contribution in [0, 0.1) is 29.0 Å². The Morgan fingerprint density at radius 3 is 2.75 bits per heavy atom. The lowest BCUT2D eigenvalue weighted by atomic mass is 9.94. The number of carboxylic acid groups (broad SMARTS) is 1. The van der Waals surface area contributed by atoms with Gasteiger partial charge in [0.05, 0.1) is 5.69 Å². The molecule has 0 aliphatic carbocycles. The molecule has 1 rings (SSSR count). The number of nitrogens with one attached hydrogen (secondary N) is 1. The molecule has 0 spiro atoms. The van der Waals surface area contributed by atoms with Gasteiger partial charge < -0.3 is 10.4 Å². The van der Waals surface area contributed by atoms with Crippen LogP contribution >= 0.6 is 0 Å². The molecule has 0 aliphatic rings. The summed E-state index contributed by atoms with van der Waals surface area (Å²) in [5.74, 6) is -1.10. The van der Waals surface area contributed by atoms with E-state index in [1.807, 2.05) is 19.9 Å². The molecule has 1 aromatic carbocycles. The summed E-state index contributed by atoms with van der Waals surface area (Å²) in [5, 5.41) is 20.8. The number of carbonyl (C=O) groups is 1. The van der Waals surface area contributed by atoms with Crippen LogP contribution in [-0.4, -0.2) is 17.6 Å². The molecule has 0 aliphatic heterocycles. The minimum Gasteiger partial charge on any atom is -0.481 e. The first-order valence-corrected chi connectivity index (χ1v) is 6.58. The van der Waals surface area contributed by atoms with Crippen molar-refractivity contribution in [3.8, 4) is 6.07 Å².